The number of amides is 3. The van der Waals surface area contributed by atoms with Gasteiger partial charge in [-0.1, -0.05) is 57.7 Å². The van der Waals surface area contributed by atoms with Gasteiger partial charge in [0.25, 0.3) is 0 Å². The van der Waals surface area contributed by atoms with E-state index in [4.69, 9.17) is 4.74 Å². The van der Waals surface area contributed by atoms with Gasteiger partial charge in [0.15, 0.2) is 0 Å². The molecule has 0 radical (unpaired) electrons. The number of aryl methyl sites for hydroxylation is 2. The third kappa shape index (κ3) is 7.97. The molecule has 3 unspecified atom stereocenters. The van der Waals surface area contributed by atoms with Crippen molar-refractivity contribution in [2.75, 3.05) is 6.54 Å². The van der Waals surface area contributed by atoms with Crippen LogP contribution in [0.4, 0.5) is 4.79 Å². The number of alkyl carbamates (subject to hydrolysis) is 1. The minimum absolute atomic E-state index is 0.122. The molecule has 36 heavy (non-hydrogen) atoms. The number of rotatable bonds is 9. The van der Waals surface area contributed by atoms with Gasteiger partial charge in [0.2, 0.25) is 11.8 Å². The maximum absolute atomic E-state index is 14.1. The maximum atomic E-state index is 14.1. The fourth-order valence-electron chi connectivity index (χ4n) is 4.98. The molecule has 0 saturated heterocycles. The predicted octanol–water partition coefficient (Wildman–Crippen LogP) is 5.58. The molecule has 3 atom stereocenters. The highest BCUT2D eigenvalue weighted by Crippen LogP contribution is 2.30. The molecule has 1 aromatic carbocycles. The van der Waals surface area contributed by atoms with E-state index >= 15 is 0 Å². The van der Waals surface area contributed by atoms with Gasteiger partial charge in [0.05, 0.1) is 0 Å². The van der Waals surface area contributed by atoms with Crippen LogP contribution in [0.1, 0.15) is 103 Å². The minimum Gasteiger partial charge on any atom is -0.444 e. The highest BCUT2D eigenvalue weighted by molar-refractivity contribution is 5.92. The lowest BCUT2D eigenvalue weighted by Gasteiger charge is -2.37. The van der Waals surface area contributed by atoms with E-state index in [9.17, 15) is 14.4 Å². The molecule has 1 aliphatic carbocycles. The Balaban J connectivity index is 2.46. The standard InChI is InChI=1S/C29H47N3O4/c1-9-19(3)24(31-28(35)36-29(6,7)8)27(34)32(10-2)25(23-20(4)15-14-16-21(23)5)26(33)30-22-17-12-11-13-18-22/h14-16,19,22,24-25H,9-13,17-18H2,1-8H3,(H,30,33)(H,31,35). The summed E-state index contributed by atoms with van der Waals surface area (Å²) in [5.74, 6) is -0.571. The monoisotopic (exact) mass is 501 g/mol. The average Bonchev–Trinajstić information content (AvgIpc) is 2.80. The van der Waals surface area contributed by atoms with E-state index in [0.29, 0.717) is 13.0 Å². The lowest BCUT2D eigenvalue weighted by Crippen LogP contribution is -2.56. The van der Waals surface area contributed by atoms with Crippen molar-refractivity contribution in [1.82, 2.24) is 15.5 Å². The fraction of sp³-hybridized carbons (Fsp3) is 0.690. The van der Waals surface area contributed by atoms with E-state index < -0.39 is 23.8 Å². The van der Waals surface area contributed by atoms with Crippen molar-refractivity contribution in [3.05, 3.63) is 34.9 Å². The summed E-state index contributed by atoms with van der Waals surface area (Å²) in [4.78, 5) is 42.3. The van der Waals surface area contributed by atoms with Crippen LogP contribution in [-0.4, -0.2) is 47.0 Å². The van der Waals surface area contributed by atoms with E-state index in [1.807, 2.05) is 52.8 Å². The smallest absolute Gasteiger partial charge is 0.408 e. The molecule has 2 rings (SSSR count). The molecule has 0 bridgehead atoms. The average molecular weight is 502 g/mol. The van der Waals surface area contributed by atoms with Gasteiger partial charge in [-0.2, -0.15) is 0 Å². The maximum Gasteiger partial charge on any atom is 0.408 e. The quantitative estimate of drug-likeness (QED) is 0.462. The van der Waals surface area contributed by atoms with Crippen molar-refractivity contribution in [2.24, 2.45) is 5.92 Å². The van der Waals surface area contributed by atoms with Crippen LogP contribution in [0.2, 0.25) is 0 Å². The van der Waals surface area contributed by atoms with E-state index in [-0.39, 0.29) is 23.8 Å². The first kappa shape index (κ1) is 29.7. The Morgan fingerprint density at radius 1 is 1.06 bits per heavy atom. The topological polar surface area (TPSA) is 87.7 Å². The third-order valence-corrected chi connectivity index (χ3v) is 7.10. The molecule has 1 aromatic rings. The summed E-state index contributed by atoms with van der Waals surface area (Å²) >= 11 is 0. The second-order valence-corrected chi connectivity index (χ2v) is 11.2. The zero-order chi connectivity index (χ0) is 27.0. The lowest BCUT2D eigenvalue weighted by molar-refractivity contribution is -0.143. The molecule has 3 amide bonds. The van der Waals surface area contributed by atoms with Crippen molar-refractivity contribution in [3.63, 3.8) is 0 Å². The largest absolute Gasteiger partial charge is 0.444 e. The number of hydrogen-bond donors (Lipinski definition) is 2. The second kappa shape index (κ2) is 13.1. The van der Waals surface area contributed by atoms with Gasteiger partial charge in [0, 0.05) is 12.6 Å². The Bertz CT molecular complexity index is 882. The van der Waals surface area contributed by atoms with Crippen LogP contribution in [0.5, 0.6) is 0 Å². The van der Waals surface area contributed by atoms with E-state index in [1.54, 1.807) is 25.7 Å². The second-order valence-electron chi connectivity index (χ2n) is 11.2. The van der Waals surface area contributed by atoms with Crippen LogP contribution >= 0.6 is 0 Å². The molecule has 2 N–H and O–H groups in total. The molecule has 0 heterocycles. The van der Waals surface area contributed by atoms with Gasteiger partial charge in [0.1, 0.15) is 17.7 Å². The summed E-state index contributed by atoms with van der Waals surface area (Å²) in [7, 11) is 0. The number of ether oxygens (including phenoxy) is 1. The van der Waals surface area contributed by atoms with Gasteiger partial charge in [-0.25, -0.2) is 4.79 Å². The number of benzene rings is 1. The van der Waals surface area contributed by atoms with Crippen LogP contribution in [0.15, 0.2) is 18.2 Å². The Labute approximate surface area is 217 Å². The van der Waals surface area contributed by atoms with Crippen LogP contribution in [0.25, 0.3) is 0 Å². The van der Waals surface area contributed by atoms with E-state index in [0.717, 1.165) is 42.4 Å². The summed E-state index contributed by atoms with van der Waals surface area (Å²) in [6.07, 6.45) is 5.37. The van der Waals surface area contributed by atoms with Gasteiger partial charge < -0.3 is 20.3 Å². The van der Waals surface area contributed by atoms with Crippen molar-refractivity contribution >= 4 is 17.9 Å². The third-order valence-electron chi connectivity index (χ3n) is 7.10. The molecular weight excluding hydrogens is 454 g/mol. The molecule has 0 aliphatic heterocycles. The number of carbonyl (C=O) groups is 3. The fourth-order valence-corrected chi connectivity index (χ4v) is 4.98. The molecule has 1 fully saturated rings. The van der Waals surface area contributed by atoms with Crippen molar-refractivity contribution < 1.29 is 19.1 Å². The SMILES string of the molecule is CCC(C)C(NC(=O)OC(C)(C)C)C(=O)N(CC)C(C(=O)NC1CCCCC1)c1c(C)cccc1C. The number of carbonyl (C=O) groups excluding carboxylic acids is 3. The van der Waals surface area contributed by atoms with Crippen LogP contribution < -0.4 is 10.6 Å². The zero-order valence-electron chi connectivity index (χ0n) is 23.6. The first-order chi connectivity index (χ1) is 16.9. The van der Waals surface area contributed by atoms with Crippen LogP contribution in [0.3, 0.4) is 0 Å². The number of nitrogens with zero attached hydrogens (tertiary/aromatic N) is 1. The summed E-state index contributed by atoms with van der Waals surface area (Å²) in [5.41, 5.74) is 2.09. The molecule has 7 nitrogen and oxygen atoms in total. The molecule has 202 valence electrons. The summed E-state index contributed by atoms with van der Waals surface area (Å²) in [6, 6.07) is 4.46. The molecular formula is C29H47N3O4. The number of likely N-dealkylation sites (N-methyl/N-ethyl adjacent to an activating group) is 1. The summed E-state index contributed by atoms with van der Waals surface area (Å²) in [6.45, 7) is 15.5. The molecule has 0 aromatic heterocycles. The predicted molar refractivity (Wildman–Crippen MR) is 144 cm³/mol. The van der Waals surface area contributed by atoms with Crippen molar-refractivity contribution in [2.45, 2.75) is 118 Å². The Morgan fingerprint density at radius 2 is 1.64 bits per heavy atom. The van der Waals surface area contributed by atoms with Gasteiger partial charge in [-0.05, 0) is 77.0 Å². The van der Waals surface area contributed by atoms with E-state index in [1.165, 1.54) is 6.42 Å². The van der Waals surface area contributed by atoms with E-state index in [2.05, 4.69) is 10.6 Å². The lowest BCUT2D eigenvalue weighted by atomic mass is 9.91. The first-order valence-corrected chi connectivity index (χ1v) is 13.6. The Kier molecular flexibility index (Phi) is 10.8. The molecule has 1 saturated carbocycles. The first-order valence-electron chi connectivity index (χ1n) is 13.6. The normalized spacial score (nSPS) is 17.0. The van der Waals surface area contributed by atoms with Gasteiger partial charge in [-0.3, -0.25) is 9.59 Å². The zero-order valence-corrected chi connectivity index (χ0v) is 23.6. The van der Waals surface area contributed by atoms with Gasteiger partial charge >= 0.3 is 6.09 Å². The molecule has 0 spiro atoms. The Hall–Kier alpha value is -2.57. The minimum atomic E-state index is -0.806. The molecule has 7 heteroatoms. The molecule has 1 aliphatic rings. The van der Waals surface area contributed by atoms with Crippen LogP contribution in [-0.2, 0) is 14.3 Å². The van der Waals surface area contributed by atoms with Crippen LogP contribution in [0, 0.1) is 19.8 Å². The van der Waals surface area contributed by atoms with Crippen molar-refractivity contribution in [1.29, 1.82) is 0 Å². The summed E-state index contributed by atoms with van der Waals surface area (Å²) < 4.78 is 5.46. The Morgan fingerprint density at radius 3 is 2.14 bits per heavy atom. The number of nitrogens with one attached hydrogen (secondary N) is 2. The van der Waals surface area contributed by atoms with Gasteiger partial charge in [-0.15, -0.1) is 0 Å². The highest BCUT2D eigenvalue weighted by atomic mass is 16.6. The highest BCUT2D eigenvalue weighted by Gasteiger charge is 2.39. The van der Waals surface area contributed by atoms with Crippen molar-refractivity contribution in [3.8, 4) is 0 Å². The number of hydrogen-bond acceptors (Lipinski definition) is 4. The summed E-state index contributed by atoms with van der Waals surface area (Å²) in [5, 5.41) is 6.06.